The Kier molecular flexibility index (Phi) is 4.58. The summed E-state index contributed by atoms with van der Waals surface area (Å²) in [6, 6.07) is 12.1. The third-order valence-electron chi connectivity index (χ3n) is 4.70. The van der Waals surface area contributed by atoms with Crippen molar-refractivity contribution >= 4 is 39.0 Å². The van der Waals surface area contributed by atoms with Crippen molar-refractivity contribution in [2.45, 2.75) is 16.1 Å². The Bertz CT molecular complexity index is 913. The van der Waals surface area contributed by atoms with Crippen LogP contribution < -0.4 is 5.73 Å². The number of hydrogen-bond donors (Lipinski definition) is 2. The topological polar surface area (TPSA) is 97.5 Å². The molecule has 1 saturated carbocycles. The molecule has 0 unspecified atom stereocenters. The highest BCUT2D eigenvalue weighted by molar-refractivity contribution is 7.92. The molecule has 0 radical (unpaired) electrons. The van der Waals surface area contributed by atoms with Gasteiger partial charge >= 0.3 is 5.97 Å². The van der Waals surface area contributed by atoms with Gasteiger partial charge in [-0.2, -0.15) is 0 Å². The van der Waals surface area contributed by atoms with Crippen molar-refractivity contribution in [3.05, 3.63) is 64.1 Å². The second kappa shape index (κ2) is 6.29. The maximum Gasteiger partial charge on any atom is 0.312 e. The van der Waals surface area contributed by atoms with Crippen LogP contribution in [0.3, 0.4) is 0 Å². The standard InChI is InChI=1S/C17H15Cl2NO4S/c18-11-3-1-10(2-4-11)14-15(17(14,9-20)16(21)22)25(23,24)13-7-5-12(19)6-8-13/h1-8,14-15H,9,20H2,(H,21,22)/t14-,15+,17-/m0/s1. The minimum Gasteiger partial charge on any atom is -0.481 e. The molecule has 132 valence electrons. The first-order chi connectivity index (χ1) is 11.7. The molecule has 1 fully saturated rings. The van der Waals surface area contributed by atoms with Crippen molar-refractivity contribution in [1.29, 1.82) is 0 Å². The number of nitrogens with two attached hydrogens (primary N) is 1. The molecule has 3 atom stereocenters. The van der Waals surface area contributed by atoms with Crippen LogP contribution in [0.4, 0.5) is 0 Å². The van der Waals surface area contributed by atoms with Crippen molar-refractivity contribution in [2.24, 2.45) is 11.1 Å². The zero-order chi connectivity index (χ0) is 18.4. The van der Waals surface area contributed by atoms with Crippen molar-refractivity contribution in [2.75, 3.05) is 6.54 Å². The van der Waals surface area contributed by atoms with Crippen LogP contribution in [0.1, 0.15) is 11.5 Å². The first-order valence-electron chi connectivity index (χ1n) is 7.43. The molecule has 25 heavy (non-hydrogen) atoms. The number of carboxylic acid groups (broad SMARTS) is 1. The normalized spacial score (nSPS) is 25.6. The Balaban J connectivity index is 2.10. The van der Waals surface area contributed by atoms with Gasteiger partial charge in [0.25, 0.3) is 0 Å². The molecule has 2 aromatic rings. The summed E-state index contributed by atoms with van der Waals surface area (Å²) in [6.07, 6.45) is 0. The molecule has 1 aliphatic rings. The van der Waals surface area contributed by atoms with Gasteiger partial charge in [-0.3, -0.25) is 4.79 Å². The molecular weight excluding hydrogens is 385 g/mol. The first-order valence-corrected chi connectivity index (χ1v) is 9.73. The number of rotatable bonds is 5. The summed E-state index contributed by atoms with van der Waals surface area (Å²) in [5.41, 5.74) is 4.74. The van der Waals surface area contributed by atoms with Gasteiger partial charge in [-0.15, -0.1) is 0 Å². The van der Waals surface area contributed by atoms with Gasteiger partial charge in [0.05, 0.1) is 10.1 Å². The minimum atomic E-state index is -3.91. The van der Waals surface area contributed by atoms with Crippen LogP contribution in [-0.2, 0) is 14.6 Å². The number of carboxylic acids is 1. The third-order valence-corrected chi connectivity index (χ3v) is 7.49. The average molecular weight is 400 g/mol. The lowest BCUT2D eigenvalue weighted by Crippen LogP contribution is -2.31. The zero-order valence-electron chi connectivity index (χ0n) is 12.9. The molecule has 0 aromatic heterocycles. The van der Waals surface area contributed by atoms with E-state index in [9.17, 15) is 18.3 Å². The van der Waals surface area contributed by atoms with Gasteiger partial charge in [-0.05, 0) is 42.0 Å². The fourth-order valence-electron chi connectivity index (χ4n) is 3.36. The summed E-state index contributed by atoms with van der Waals surface area (Å²) < 4.78 is 26.1. The average Bonchev–Trinajstić information content (AvgIpc) is 3.27. The Morgan fingerprint density at radius 1 is 1.04 bits per heavy atom. The van der Waals surface area contributed by atoms with Gasteiger partial charge in [0, 0.05) is 22.5 Å². The number of carbonyl (C=O) groups is 1. The molecular formula is C17H15Cl2NO4S. The molecule has 0 heterocycles. The highest BCUT2D eigenvalue weighted by atomic mass is 35.5. The highest BCUT2D eigenvalue weighted by Crippen LogP contribution is 2.63. The van der Waals surface area contributed by atoms with E-state index in [1.54, 1.807) is 24.3 Å². The van der Waals surface area contributed by atoms with E-state index < -0.39 is 32.4 Å². The van der Waals surface area contributed by atoms with Gasteiger partial charge in [0.2, 0.25) is 0 Å². The maximum absolute atomic E-state index is 13.0. The first kappa shape index (κ1) is 18.2. The SMILES string of the molecule is NC[C@@]1(C(=O)O)[C@H](S(=O)(=O)c2ccc(Cl)cc2)[C@@H]1c1ccc(Cl)cc1. The third kappa shape index (κ3) is 2.83. The number of sulfone groups is 1. The van der Waals surface area contributed by atoms with E-state index in [0.717, 1.165) is 0 Å². The lowest BCUT2D eigenvalue weighted by Gasteiger charge is -2.10. The monoisotopic (exact) mass is 399 g/mol. The summed E-state index contributed by atoms with van der Waals surface area (Å²) in [7, 11) is -3.91. The van der Waals surface area contributed by atoms with E-state index in [4.69, 9.17) is 28.9 Å². The summed E-state index contributed by atoms with van der Waals surface area (Å²) in [6.45, 7) is -0.285. The molecule has 0 aliphatic heterocycles. The summed E-state index contributed by atoms with van der Waals surface area (Å²) in [5.74, 6) is -1.97. The number of halogens is 2. The van der Waals surface area contributed by atoms with Crippen LogP contribution >= 0.6 is 23.2 Å². The van der Waals surface area contributed by atoms with Gasteiger partial charge in [-0.1, -0.05) is 35.3 Å². The zero-order valence-corrected chi connectivity index (χ0v) is 15.2. The van der Waals surface area contributed by atoms with Crippen LogP contribution in [0.15, 0.2) is 53.4 Å². The molecule has 0 spiro atoms. The van der Waals surface area contributed by atoms with E-state index in [1.807, 2.05) is 0 Å². The van der Waals surface area contributed by atoms with E-state index in [0.29, 0.717) is 15.6 Å². The molecule has 2 aromatic carbocycles. The van der Waals surface area contributed by atoms with E-state index >= 15 is 0 Å². The Morgan fingerprint density at radius 3 is 1.96 bits per heavy atom. The molecule has 3 N–H and O–H groups in total. The highest BCUT2D eigenvalue weighted by Gasteiger charge is 2.75. The number of aliphatic carboxylic acids is 1. The quantitative estimate of drug-likeness (QED) is 0.804. The number of benzene rings is 2. The summed E-state index contributed by atoms with van der Waals surface area (Å²) in [5, 5.41) is 9.45. The molecule has 0 amide bonds. The van der Waals surface area contributed by atoms with E-state index in [2.05, 4.69) is 0 Å². The fourth-order valence-corrected chi connectivity index (χ4v) is 6.00. The number of hydrogen-bond acceptors (Lipinski definition) is 4. The Labute approximate surface area is 155 Å². The molecule has 0 bridgehead atoms. The lowest BCUT2D eigenvalue weighted by molar-refractivity contribution is -0.143. The van der Waals surface area contributed by atoms with Crippen LogP contribution in [0.25, 0.3) is 0 Å². The molecule has 3 rings (SSSR count). The lowest BCUT2D eigenvalue weighted by atomic mass is 9.99. The maximum atomic E-state index is 13.0. The largest absolute Gasteiger partial charge is 0.481 e. The van der Waals surface area contributed by atoms with Gasteiger partial charge in [-0.25, -0.2) is 8.42 Å². The molecule has 5 nitrogen and oxygen atoms in total. The van der Waals surface area contributed by atoms with Crippen molar-refractivity contribution in [3.8, 4) is 0 Å². The Hall–Kier alpha value is -1.60. The second-order valence-electron chi connectivity index (χ2n) is 6.00. The second-order valence-corrected chi connectivity index (χ2v) is 8.94. The van der Waals surface area contributed by atoms with Crippen molar-refractivity contribution in [1.82, 2.24) is 0 Å². The molecule has 1 aliphatic carbocycles. The van der Waals surface area contributed by atoms with Gasteiger partial charge in [0.15, 0.2) is 9.84 Å². The van der Waals surface area contributed by atoms with Crippen molar-refractivity contribution < 1.29 is 18.3 Å². The van der Waals surface area contributed by atoms with Crippen molar-refractivity contribution in [3.63, 3.8) is 0 Å². The predicted octanol–water partition coefficient (Wildman–Crippen LogP) is 2.96. The summed E-state index contributed by atoms with van der Waals surface area (Å²) >= 11 is 11.7. The molecule has 8 heteroatoms. The molecule has 0 saturated heterocycles. The van der Waals surface area contributed by atoms with Crippen LogP contribution in [-0.4, -0.2) is 31.3 Å². The van der Waals surface area contributed by atoms with E-state index in [-0.39, 0.29) is 11.4 Å². The van der Waals surface area contributed by atoms with Gasteiger partial charge in [0.1, 0.15) is 5.41 Å². The predicted molar refractivity (Wildman–Crippen MR) is 95.7 cm³/mol. The van der Waals surface area contributed by atoms with Crippen LogP contribution in [0.2, 0.25) is 10.0 Å². The van der Waals surface area contributed by atoms with Crippen LogP contribution in [0.5, 0.6) is 0 Å². The summed E-state index contributed by atoms with van der Waals surface area (Å²) in [4.78, 5) is 11.9. The van der Waals surface area contributed by atoms with Gasteiger partial charge < -0.3 is 10.8 Å². The smallest absolute Gasteiger partial charge is 0.312 e. The minimum absolute atomic E-state index is 0.0254. The van der Waals surface area contributed by atoms with E-state index in [1.165, 1.54) is 24.3 Å². The fraction of sp³-hybridized carbons (Fsp3) is 0.235. The van der Waals surface area contributed by atoms with Crippen LogP contribution in [0, 0.1) is 5.41 Å². The Morgan fingerprint density at radius 2 is 1.52 bits per heavy atom.